The van der Waals surface area contributed by atoms with Gasteiger partial charge in [-0.3, -0.25) is 0 Å². The maximum absolute atomic E-state index is 6.93. The van der Waals surface area contributed by atoms with E-state index in [4.69, 9.17) is 4.42 Å². The van der Waals surface area contributed by atoms with Gasteiger partial charge in [-0.25, -0.2) is 0 Å². The monoisotopic (exact) mass is 617 g/mol. The third kappa shape index (κ3) is 3.47. The summed E-state index contributed by atoms with van der Waals surface area (Å²) in [6, 6.07) is 51.2. The second-order valence-electron chi connectivity index (χ2n) is 14.5. The Morgan fingerprint density at radius 1 is 0.438 bits per heavy atom. The quantitative estimate of drug-likeness (QED) is 0.196. The van der Waals surface area contributed by atoms with Gasteiger partial charge >= 0.3 is 0 Å². The van der Waals surface area contributed by atoms with Gasteiger partial charge in [-0.15, -0.1) is 0 Å². The van der Waals surface area contributed by atoms with E-state index in [0.717, 1.165) is 22.2 Å². The van der Waals surface area contributed by atoms with Crippen LogP contribution in [0.2, 0.25) is 0 Å². The normalized spacial score (nSPS) is 15.0. The molecule has 0 fully saturated rings. The number of benzene rings is 7. The van der Waals surface area contributed by atoms with Crippen molar-refractivity contribution in [2.45, 2.75) is 38.5 Å². The Balaban J connectivity index is 1.35. The lowest BCUT2D eigenvalue weighted by atomic mass is 9.82. The molecule has 2 aliphatic carbocycles. The molecular formula is C46H35NO. The van der Waals surface area contributed by atoms with Gasteiger partial charge in [0, 0.05) is 32.7 Å². The first-order chi connectivity index (χ1) is 23.4. The van der Waals surface area contributed by atoms with E-state index in [1.807, 2.05) is 0 Å². The first-order valence-electron chi connectivity index (χ1n) is 17.0. The van der Waals surface area contributed by atoms with Crippen LogP contribution >= 0.6 is 0 Å². The molecule has 2 nitrogen and oxygen atoms in total. The molecule has 48 heavy (non-hydrogen) atoms. The molecule has 1 heterocycles. The van der Waals surface area contributed by atoms with Crippen molar-refractivity contribution in [3.05, 3.63) is 162 Å². The van der Waals surface area contributed by atoms with E-state index in [1.165, 1.54) is 72.0 Å². The van der Waals surface area contributed by atoms with Gasteiger partial charge in [-0.1, -0.05) is 143 Å². The van der Waals surface area contributed by atoms with Gasteiger partial charge in [0.25, 0.3) is 0 Å². The van der Waals surface area contributed by atoms with Crippen LogP contribution in [0, 0.1) is 0 Å². The molecule has 0 aliphatic heterocycles. The fourth-order valence-electron chi connectivity index (χ4n) is 8.96. The van der Waals surface area contributed by atoms with Crippen LogP contribution in [0.1, 0.15) is 49.9 Å². The summed E-state index contributed by atoms with van der Waals surface area (Å²) < 4.78 is 6.93. The molecule has 2 aliphatic rings. The minimum absolute atomic E-state index is 0.120. The smallest absolute Gasteiger partial charge is 0.159 e. The van der Waals surface area contributed by atoms with Gasteiger partial charge in [0.2, 0.25) is 0 Å². The first-order valence-corrected chi connectivity index (χ1v) is 17.0. The molecule has 10 rings (SSSR count). The van der Waals surface area contributed by atoms with Crippen molar-refractivity contribution >= 4 is 49.8 Å². The van der Waals surface area contributed by atoms with E-state index < -0.39 is 0 Å². The summed E-state index contributed by atoms with van der Waals surface area (Å²) in [7, 11) is 0. The lowest BCUT2D eigenvalue weighted by Gasteiger charge is -2.31. The van der Waals surface area contributed by atoms with Crippen LogP contribution in [0.25, 0.3) is 55.0 Å². The highest BCUT2D eigenvalue weighted by Gasteiger charge is 2.41. The van der Waals surface area contributed by atoms with E-state index in [0.29, 0.717) is 0 Å². The second kappa shape index (κ2) is 9.49. The molecule has 230 valence electrons. The highest BCUT2D eigenvalue weighted by Crippen LogP contribution is 2.58. The lowest BCUT2D eigenvalue weighted by Crippen LogP contribution is -2.17. The molecular weight excluding hydrogens is 583 g/mol. The highest BCUT2D eigenvalue weighted by molar-refractivity contribution is 6.21. The number of fused-ring (bicyclic) bond motifs is 11. The average molecular weight is 618 g/mol. The molecule has 8 aromatic rings. The summed E-state index contributed by atoms with van der Waals surface area (Å²) in [6.45, 7) is 9.43. The first kappa shape index (κ1) is 27.5. The van der Waals surface area contributed by atoms with Crippen LogP contribution in [0.15, 0.2) is 144 Å². The van der Waals surface area contributed by atoms with Gasteiger partial charge in [0.1, 0.15) is 5.58 Å². The van der Waals surface area contributed by atoms with Crippen molar-refractivity contribution in [2.24, 2.45) is 0 Å². The Bertz CT molecular complexity index is 2530. The topological polar surface area (TPSA) is 16.4 Å². The van der Waals surface area contributed by atoms with E-state index in [-0.39, 0.29) is 10.8 Å². The zero-order chi connectivity index (χ0) is 32.4. The van der Waals surface area contributed by atoms with Crippen molar-refractivity contribution in [2.75, 3.05) is 4.90 Å². The number of rotatable bonds is 3. The van der Waals surface area contributed by atoms with Crippen LogP contribution in [-0.2, 0) is 10.8 Å². The van der Waals surface area contributed by atoms with Gasteiger partial charge < -0.3 is 9.32 Å². The summed E-state index contributed by atoms with van der Waals surface area (Å²) in [4.78, 5) is 2.50. The molecule has 0 spiro atoms. The van der Waals surface area contributed by atoms with Crippen molar-refractivity contribution in [1.82, 2.24) is 0 Å². The Hall–Kier alpha value is -5.60. The molecule has 0 saturated carbocycles. The number of hydrogen-bond acceptors (Lipinski definition) is 2. The minimum atomic E-state index is -0.120. The Morgan fingerprint density at radius 2 is 0.938 bits per heavy atom. The molecule has 0 amide bonds. The van der Waals surface area contributed by atoms with E-state index in [1.54, 1.807) is 0 Å². The largest absolute Gasteiger partial charge is 0.454 e. The van der Waals surface area contributed by atoms with Crippen LogP contribution in [0.3, 0.4) is 0 Å². The van der Waals surface area contributed by atoms with E-state index >= 15 is 0 Å². The van der Waals surface area contributed by atoms with Crippen molar-refractivity contribution < 1.29 is 4.42 Å². The Morgan fingerprint density at radius 3 is 1.58 bits per heavy atom. The summed E-state index contributed by atoms with van der Waals surface area (Å²) in [5.74, 6) is 0. The number of furan rings is 1. The third-order valence-corrected chi connectivity index (χ3v) is 11.3. The summed E-state index contributed by atoms with van der Waals surface area (Å²) in [5.41, 5.74) is 15.6. The molecule has 0 N–H and O–H groups in total. The number of anilines is 3. The fourth-order valence-corrected chi connectivity index (χ4v) is 8.96. The van der Waals surface area contributed by atoms with Crippen LogP contribution in [0.5, 0.6) is 0 Å². The van der Waals surface area contributed by atoms with Crippen molar-refractivity contribution in [1.29, 1.82) is 0 Å². The Labute approximate surface area is 280 Å². The minimum Gasteiger partial charge on any atom is -0.454 e. The van der Waals surface area contributed by atoms with Crippen LogP contribution in [-0.4, -0.2) is 0 Å². The fraction of sp³-hybridized carbons (Fsp3) is 0.130. The van der Waals surface area contributed by atoms with Crippen LogP contribution < -0.4 is 4.90 Å². The maximum Gasteiger partial charge on any atom is 0.159 e. The molecule has 1 aromatic heterocycles. The van der Waals surface area contributed by atoms with E-state index in [2.05, 4.69) is 172 Å². The summed E-state index contributed by atoms with van der Waals surface area (Å²) in [5, 5.41) is 4.73. The molecule has 0 saturated heterocycles. The zero-order valence-corrected chi connectivity index (χ0v) is 27.6. The second-order valence-corrected chi connectivity index (χ2v) is 14.5. The van der Waals surface area contributed by atoms with Crippen molar-refractivity contribution in [3.8, 4) is 22.3 Å². The Kier molecular flexibility index (Phi) is 5.44. The third-order valence-electron chi connectivity index (χ3n) is 11.3. The molecule has 0 atom stereocenters. The van der Waals surface area contributed by atoms with Gasteiger partial charge in [-0.05, 0) is 68.4 Å². The molecule has 7 aromatic carbocycles. The summed E-state index contributed by atoms with van der Waals surface area (Å²) >= 11 is 0. The zero-order valence-electron chi connectivity index (χ0n) is 27.6. The maximum atomic E-state index is 6.93. The molecule has 0 radical (unpaired) electrons. The van der Waals surface area contributed by atoms with Crippen LogP contribution in [0.4, 0.5) is 17.1 Å². The lowest BCUT2D eigenvalue weighted by molar-refractivity contribution is 0.660. The van der Waals surface area contributed by atoms with Gasteiger partial charge in [0.05, 0.1) is 17.1 Å². The van der Waals surface area contributed by atoms with Gasteiger partial charge in [-0.2, -0.15) is 0 Å². The summed E-state index contributed by atoms with van der Waals surface area (Å²) in [6.07, 6.45) is 0. The SMILES string of the molecule is CC1(C)c2ccccc2-c2c(N(c3cccc4c3-c3ccccc3C4(C)C)c3cccc4c3oc3ccc5ccccc5c34)cccc21. The van der Waals surface area contributed by atoms with E-state index in [9.17, 15) is 0 Å². The standard InChI is InChI=1S/C46H35NO/c1-45(2)33-19-9-7-16-30(33)42-35(45)21-12-23-37(42)47(38-24-13-22-36-43(38)31-17-8-10-20-34(31)46(36,3)4)39-25-11-18-32-41-29-15-6-5-14-28(29)26-27-40(41)48-44(32)39/h5-27H,1-4H3. The average Bonchev–Trinajstić information content (AvgIpc) is 3.70. The molecule has 2 heteroatoms. The highest BCUT2D eigenvalue weighted by atomic mass is 16.3. The number of nitrogens with zero attached hydrogens (tertiary/aromatic N) is 1. The molecule has 0 bridgehead atoms. The molecule has 0 unspecified atom stereocenters. The predicted octanol–water partition coefficient (Wildman–Crippen LogP) is 12.8. The number of para-hydroxylation sites is 1. The predicted molar refractivity (Wildman–Crippen MR) is 201 cm³/mol. The van der Waals surface area contributed by atoms with Crippen molar-refractivity contribution in [3.63, 3.8) is 0 Å². The number of hydrogen-bond donors (Lipinski definition) is 0. The van der Waals surface area contributed by atoms with Gasteiger partial charge in [0.15, 0.2) is 5.58 Å².